The van der Waals surface area contributed by atoms with Crippen LogP contribution in [0.3, 0.4) is 0 Å². The SMILES string of the molecule is COC(C)(OC)OC(=O)/N=N/C(=O)OC(C)(OC)OC. The number of nitrogens with zero attached hydrogens (tertiary/aromatic N) is 2. The maximum Gasteiger partial charge on any atom is 0.456 e. The van der Waals surface area contributed by atoms with Gasteiger partial charge in [-0.1, -0.05) is 10.2 Å². The molecule has 0 aliphatic rings. The molecule has 0 spiro atoms. The Kier molecular flexibility index (Phi) is 7.21. The molecule has 0 N–H and O–H groups in total. The van der Waals surface area contributed by atoms with E-state index in [1.165, 1.54) is 42.3 Å². The van der Waals surface area contributed by atoms with Crippen LogP contribution in [0, 0.1) is 0 Å². The molecular formula is C10H18N2O8. The highest BCUT2D eigenvalue weighted by Gasteiger charge is 2.30. The van der Waals surface area contributed by atoms with Crippen molar-refractivity contribution in [1.29, 1.82) is 0 Å². The van der Waals surface area contributed by atoms with E-state index in [2.05, 4.69) is 19.7 Å². The summed E-state index contributed by atoms with van der Waals surface area (Å²) in [7, 11) is 5.02. The van der Waals surface area contributed by atoms with Gasteiger partial charge in [-0.2, -0.15) is 0 Å². The van der Waals surface area contributed by atoms with E-state index in [0.717, 1.165) is 0 Å². The average molecular weight is 294 g/mol. The van der Waals surface area contributed by atoms with Crippen molar-refractivity contribution in [2.45, 2.75) is 25.8 Å². The molecule has 116 valence electrons. The van der Waals surface area contributed by atoms with Gasteiger partial charge in [-0.15, -0.1) is 0 Å². The van der Waals surface area contributed by atoms with Gasteiger partial charge in [0.15, 0.2) is 0 Å². The number of hydrogen-bond donors (Lipinski definition) is 0. The average Bonchev–Trinajstić information content (AvgIpc) is 2.44. The second-order valence-electron chi connectivity index (χ2n) is 3.48. The van der Waals surface area contributed by atoms with Crippen molar-refractivity contribution in [3.8, 4) is 0 Å². The Bertz CT molecular complexity index is 328. The minimum absolute atomic E-state index is 1.20. The van der Waals surface area contributed by atoms with Crippen molar-refractivity contribution in [1.82, 2.24) is 0 Å². The molecular weight excluding hydrogens is 276 g/mol. The van der Waals surface area contributed by atoms with E-state index in [1.807, 2.05) is 0 Å². The van der Waals surface area contributed by atoms with Crippen LogP contribution < -0.4 is 0 Å². The predicted molar refractivity (Wildman–Crippen MR) is 62.7 cm³/mol. The standard InChI is InChI=1S/C10H18N2O8/c1-9(15-3,16-4)19-7(13)11-12-8(14)20-10(2,17-5)18-6/h1-6H3/b12-11+. The molecule has 2 amide bonds. The van der Waals surface area contributed by atoms with Crippen molar-refractivity contribution < 1.29 is 38.0 Å². The molecule has 0 aromatic carbocycles. The number of rotatable bonds is 6. The third-order valence-corrected chi connectivity index (χ3v) is 2.24. The third kappa shape index (κ3) is 6.02. The Morgan fingerprint density at radius 1 is 0.700 bits per heavy atom. The van der Waals surface area contributed by atoms with E-state index >= 15 is 0 Å². The van der Waals surface area contributed by atoms with Crippen LogP contribution in [-0.2, 0) is 28.4 Å². The summed E-state index contributed by atoms with van der Waals surface area (Å²) in [6.45, 7) is 2.65. The van der Waals surface area contributed by atoms with Crippen LogP contribution in [0.5, 0.6) is 0 Å². The highest BCUT2D eigenvalue weighted by atomic mass is 16.9. The molecule has 0 bridgehead atoms. The molecule has 0 radical (unpaired) electrons. The fraction of sp³-hybridized carbons (Fsp3) is 0.800. The normalized spacial score (nSPS) is 12.5. The van der Waals surface area contributed by atoms with Gasteiger partial charge in [0.05, 0.1) is 0 Å². The smallest absolute Gasteiger partial charge is 0.389 e. The predicted octanol–water partition coefficient (Wildman–Crippen LogP) is 1.64. The van der Waals surface area contributed by atoms with Crippen molar-refractivity contribution in [3.05, 3.63) is 0 Å². The summed E-state index contributed by atoms with van der Waals surface area (Å²) in [6, 6.07) is 0. The van der Waals surface area contributed by atoms with E-state index in [-0.39, 0.29) is 0 Å². The second-order valence-corrected chi connectivity index (χ2v) is 3.48. The lowest BCUT2D eigenvalue weighted by Crippen LogP contribution is -2.35. The maximum absolute atomic E-state index is 11.3. The summed E-state index contributed by atoms with van der Waals surface area (Å²) in [4.78, 5) is 22.5. The number of azo groups is 1. The van der Waals surface area contributed by atoms with E-state index in [1.54, 1.807) is 0 Å². The zero-order valence-corrected chi connectivity index (χ0v) is 12.2. The molecule has 0 rings (SSSR count). The maximum atomic E-state index is 11.3. The van der Waals surface area contributed by atoms with E-state index in [0.29, 0.717) is 0 Å². The Morgan fingerprint density at radius 2 is 0.950 bits per heavy atom. The molecule has 0 aliphatic carbocycles. The Hall–Kier alpha value is -1.62. The third-order valence-electron chi connectivity index (χ3n) is 2.24. The van der Waals surface area contributed by atoms with Crippen molar-refractivity contribution in [2.75, 3.05) is 28.4 Å². The molecule has 10 nitrogen and oxygen atoms in total. The van der Waals surface area contributed by atoms with E-state index in [9.17, 15) is 9.59 Å². The molecule has 10 heteroatoms. The molecule has 0 saturated heterocycles. The summed E-state index contributed by atoms with van der Waals surface area (Å²) in [6.07, 6.45) is -2.41. The Balaban J connectivity index is 4.50. The van der Waals surface area contributed by atoms with E-state index < -0.39 is 24.1 Å². The first kappa shape index (κ1) is 18.4. The van der Waals surface area contributed by atoms with Crippen LogP contribution in [0.25, 0.3) is 0 Å². The minimum atomic E-state index is -1.63. The van der Waals surface area contributed by atoms with Crippen LogP contribution in [0.15, 0.2) is 10.2 Å². The number of ether oxygens (including phenoxy) is 6. The lowest BCUT2D eigenvalue weighted by atomic mass is 10.6. The van der Waals surface area contributed by atoms with Crippen LogP contribution >= 0.6 is 0 Å². The number of carbonyl (C=O) groups is 2. The van der Waals surface area contributed by atoms with E-state index in [4.69, 9.17) is 18.9 Å². The summed E-state index contributed by atoms with van der Waals surface area (Å²) in [5, 5.41) is 5.95. The second kappa shape index (κ2) is 7.85. The van der Waals surface area contributed by atoms with Gasteiger partial charge in [-0.3, -0.25) is 0 Å². The fourth-order valence-electron chi connectivity index (χ4n) is 0.773. The summed E-state index contributed by atoms with van der Waals surface area (Å²) in [5.41, 5.74) is 0. The van der Waals surface area contributed by atoms with Gasteiger partial charge in [0.2, 0.25) is 0 Å². The molecule has 0 saturated carbocycles. The highest BCUT2D eigenvalue weighted by molar-refractivity contribution is 5.73. The van der Waals surface area contributed by atoms with Gasteiger partial charge in [-0.05, 0) is 0 Å². The molecule has 0 aromatic heterocycles. The molecule has 20 heavy (non-hydrogen) atoms. The summed E-state index contributed by atoms with van der Waals surface area (Å²) in [5.74, 6) is -3.26. The summed E-state index contributed by atoms with van der Waals surface area (Å²) >= 11 is 0. The highest BCUT2D eigenvalue weighted by Crippen LogP contribution is 2.14. The molecule has 0 unspecified atom stereocenters. The van der Waals surface area contributed by atoms with Crippen LogP contribution in [0.2, 0.25) is 0 Å². The van der Waals surface area contributed by atoms with Crippen molar-refractivity contribution >= 4 is 12.2 Å². The first-order chi connectivity index (χ1) is 9.24. The van der Waals surface area contributed by atoms with Crippen LogP contribution in [0.4, 0.5) is 9.59 Å². The van der Waals surface area contributed by atoms with Gasteiger partial charge < -0.3 is 28.4 Å². The Morgan fingerprint density at radius 3 is 1.15 bits per heavy atom. The number of carbonyl (C=O) groups excluding carboxylic acids is 2. The van der Waals surface area contributed by atoms with Gasteiger partial charge >= 0.3 is 24.1 Å². The molecule has 0 heterocycles. The molecule has 0 atom stereocenters. The van der Waals surface area contributed by atoms with Crippen LogP contribution in [-0.4, -0.2) is 52.6 Å². The van der Waals surface area contributed by atoms with Gasteiger partial charge in [0.25, 0.3) is 0 Å². The number of amides is 2. The lowest BCUT2D eigenvalue weighted by molar-refractivity contribution is -0.323. The molecule has 0 aromatic rings. The fourth-order valence-corrected chi connectivity index (χ4v) is 0.773. The molecule has 0 fully saturated rings. The van der Waals surface area contributed by atoms with Crippen molar-refractivity contribution in [2.24, 2.45) is 10.2 Å². The first-order valence-electron chi connectivity index (χ1n) is 5.32. The topological polar surface area (TPSA) is 114 Å². The zero-order valence-electron chi connectivity index (χ0n) is 12.2. The van der Waals surface area contributed by atoms with Gasteiger partial charge in [0, 0.05) is 42.3 Å². The zero-order chi connectivity index (χ0) is 15.8. The number of methoxy groups -OCH3 is 4. The minimum Gasteiger partial charge on any atom is -0.389 e. The monoisotopic (exact) mass is 294 g/mol. The number of hydrogen-bond acceptors (Lipinski definition) is 8. The van der Waals surface area contributed by atoms with Gasteiger partial charge in [0.1, 0.15) is 0 Å². The molecule has 0 aliphatic heterocycles. The van der Waals surface area contributed by atoms with Crippen LogP contribution in [0.1, 0.15) is 13.8 Å². The lowest BCUT2D eigenvalue weighted by Gasteiger charge is -2.24. The first-order valence-corrected chi connectivity index (χ1v) is 5.32. The quantitative estimate of drug-likeness (QED) is 0.536. The summed E-state index contributed by atoms with van der Waals surface area (Å²) < 4.78 is 28.3. The largest absolute Gasteiger partial charge is 0.456 e. The Labute approximate surface area is 115 Å². The van der Waals surface area contributed by atoms with Crippen molar-refractivity contribution in [3.63, 3.8) is 0 Å². The van der Waals surface area contributed by atoms with Gasteiger partial charge in [-0.25, -0.2) is 9.59 Å².